The van der Waals surface area contributed by atoms with Crippen molar-refractivity contribution in [2.45, 2.75) is 0 Å². The van der Waals surface area contributed by atoms with Gasteiger partial charge in [0.1, 0.15) is 6.79 Å². The molecule has 0 aliphatic carbocycles. The van der Waals surface area contributed by atoms with E-state index in [-0.39, 0.29) is 76.2 Å². The summed E-state index contributed by atoms with van der Waals surface area (Å²) in [6.07, 6.45) is 0. The van der Waals surface area contributed by atoms with E-state index in [0.717, 1.165) is 0 Å². The first-order valence-corrected chi connectivity index (χ1v) is 2.29. The third kappa shape index (κ3) is 197. The van der Waals surface area contributed by atoms with Gasteiger partial charge >= 0.3 is 76.2 Å². The van der Waals surface area contributed by atoms with E-state index in [9.17, 15) is 0 Å². The average Bonchev–Trinajstić information content (AvgIpc) is 1.75. The minimum Gasteiger partial charge on any atom is -0.811 e. The smallest absolute Gasteiger partial charge is 0.811 e. The van der Waals surface area contributed by atoms with Crippen LogP contribution in [0.2, 0.25) is 0 Å². The van der Waals surface area contributed by atoms with Crippen molar-refractivity contribution in [1.29, 1.82) is 0 Å². The molecule has 0 radical (unpaired) electrons. The van der Waals surface area contributed by atoms with Gasteiger partial charge in [-0.3, -0.25) is 0 Å². The maximum atomic E-state index is 8.29. The fourth-order valence-electron chi connectivity index (χ4n) is 0. The van der Waals surface area contributed by atoms with Crippen LogP contribution < -0.4 is 59.1 Å². The molecule has 0 rings (SSSR count). The minimum atomic E-state index is -0.750. The molecule has 0 saturated carbocycles. The Labute approximate surface area is 129 Å². The standard InChI is InChI=1S/CH2O.Fe.2Na.2H2O2S/c1-2;;;;2*1-3-2/h1H2;;;;2*1-2H/q;+2;2*+1;;/p-4. The molecule has 0 unspecified atom stereocenters. The Bertz CT molecular complexity index is 30.0. The molecule has 0 atom stereocenters. The van der Waals surface area contributed by atoms with Gasteiger partial charge in [0.15, 0.2) is 0 Å². The van der Waals surface area contributed by atoms with Crippen LogP contribution in [0.1, 0.15) is 0 Å². The van der Waals surface area contributed by atoms with Crippen molar-refractivity contribution in [2.24, 2.45) is 0 Å². The predicted octanol–water partition coefficient (Wildman–Crippen LogP) is -6.22. The molecule has 0 N–H and O–H groups in total. The number of carbonyl (C=O) groups is 1. The van der Waals surface area contributed by atoms with Crippen molar-refractivity contribution in [3.8, 4) is 0 Å². The van der Waals surface area contributed by atoms with Crippen LogP contribution in [-0.2, 0) is 21.9 Å². The zero-order valence-electron chi connectivity index (χ0n) is 5.92. The molecule has 58 valence electrons. The van der Waals surface area contributed by atoms with E-state index >= 15 is 0 Å². The molecular formula is CH2FeNa2O5S2. The zero-order chi connectivity index (χ0) is 7.41. The molecule has 0 aliphatic heterocycles. The largest absolute Gasteiger partial charge is 2.00 e. The summed E-state index contributed by atoms with van der Waals surface area (Å²) in [7, 11) is 0. The zero-order valence-corrected chi connectivity index (χ0v) is 12.7. The molecule has 0 aliphatic rings. The van der Waals surface area contributed by atoms with Crippen LogP contribution in [0.4, 0.5) is 0 Å². The topological polar surface area (TPSA) is 109 Å². The van der Waals surface area contributed by atoms with E-state index < -0.39 is 24.6 Å². The van der Waals surface area contributed by atoms with E-state index in [0.29, 0.717) is 0 Å². The summed E-state index contributed by atoms with van der Waals surface area (Å²) in [6, 6.07) is 0. The monoisotopic (exact) mass is 260 g/mol. The van der Waals surface area contributed by atoms with Crippen molar-refractivity contribution < 1.29 is 99.2 Å². The third-order valence-corrected chi connectivity index (χ3v) is 0. The fraction of sp³-hybridized carbons (Fsp3) is 0. The van der Waals surface area contributed by atoms with E-state index in [4.69, 9.17) is 23.0 Å². The molecule has 0 aromatic rings. The van der Waals surface area contributed by atoms with Gasteiger partial charge in [-0.15, -0.1) is 0 Å². The molecule has 10 heteroatoms. The second kappa shape index (κ2) is 78.3. The predicted molar refractivity (Wildman–Crippen MR) is 25.4 cm³/mol. The number of rotatable bonds is 0. The van der Waals surface area contributed by atoms with Crippen LogP contribution in [0, 0.1) is 0 Å². The SMILES string of the molecule is C=O.[Fe+2].[Na+].[Na+].[O-]S[O-].[O-]S[O-]. The van der Waals surface area contributed by atoms with Gasteiger partial charge < -0.3 is 47.7 Å². The van der Waals surface area contributed by atoms with Gasteiger partial charge in [-0.1, -0.05) is 0 Å². The quantitative estimate of drug-likeness (QED) is 0.315. The average molecular weight is 260 g/mol. The second-order valence-corrected chi connectivity index (χ2v) is 0.408. The van der Waals surface area contributed by atoms with Gasteiger partial charge in [-0.2, -0.15) is 0 Å². The van der Waals surface area contributed by atoms with Gasteiger partial charge in [0.05, 0.1) is 0 Å². The molecule has 11 heavy (non-hydrogen) atoms. The van der Waals surface area contributed by atoms with Gasteiger partial charge in [-0.05, 0) is 0 Å². The number of hydrogen-bond acceptors (Lipinski definition) is 7. The van der Waals surface area contributed by atoms with E-state index in [1.165, 1.54) is 0 Å². The van der Waals surface area contributed by atoms with Crippen LogP contribution in [0.15, 0.2) is 0 Å². The van der Waals surface area contributed by atoms with Crippen LogP contribution in [0.25, 0.3) is 0 Å². The number of carbonyl (C=O) groups excluding carboxylic acids is 1. The van der Waals surface area contributed by atoms with Gasteiger partial charge in [0, 0.05) is 0 Å². The van der Waals surface area contributed by atoms with Gasteiger partial charge in [-0.25, -0.2) is 0 Å². The summed E-state index contributed by atoms with van der Waals surface area (Å²) in [4.78, 5) is 8.00. The van der Waals surface area contributed by atoms with Crippen LogP contribution in [-0.4, -0.2) is 25.0 Å². The molecule has 0 heterocycles. The van der Waals surface area contributed by atoms with Gasteiger partial charge in [0.25, 0.3) is 0 Å². The van der Waals surface area contributed by atoms with Crippen molar-refractivity contribution in [3.63, 3.8) is 0 Å². The van der Waals surface area contributed by atoms with Crippen molar-refractivity contribution in [1.82, 2.24) is 0 Å². The van der Waals surface area contributed by atoms with Crippen molar-refractivity contribution in [3.05, 3.63) is 0 Å². The Balaban J connectivity index is -0.00000000764. The Morgan fingerprint density at radius 2 is 0.818 bits per heavy atom. The van der Waals surface area contributed by atoms with E-state index in [1.807, 2.05) is 6.79 Å². The molecule has 5 nitrogen and oxygen atoms in total. The Morgan fingerprint density at radius 1 is 0.818 bits per heavy atom. The first-order chi connectivity index (χ1) is 3.83. The molecule has 0 amide bonds. The Hall–Kier alpha value is 2.73. The molecule has 0 aromatic heterocycles. The third-order valence-electron chi connectivity index (χ3n) is 0. The molecule has 0 bridgehead atoms. The summed E-state index contributed by atoms with van der Waals surface area (Å²) in [5, 5.41) is 0. The normalized spacial score (nSPS) is 3.64. The maximum Gasteiger partial charge on any atom is 2.00 e. The van der Waals surface area contributed by atoms with Crippen molar-refractivity contribution in [2.75, 3.05) is 0 Å². The van der Waals surface area contributed by atoms with Crippen molar-refractivity contribution >= 4 is 31.4 Å². The van der Waals surface area contributed by atoms with Gasteiger partial charge in [0.2, 0.25) is 0 Å². The van der Waals surface area contributed by atoms with E-state index in [1.54, 1.807) is 0 Å². The Morgan fingerprint density at radius 3 is 0.818 bits per heavy atom. The molecule has 0 spiro atoms. The molecule has 0 aromatic carbocycles. The first-order valence-electron chi connectivity index (χ1n) is 0.955. The maximum absolute atomic E-state index is 8.29. The Kier molecular flexibility index (Phi) is 265. The summed E-state index contributed by atoms with van der Waals surface area (Å²) in [6.45, 7) is 2.00. The fourth-order valence-corrected chi connectivity index (χ4v) is 0. The summed E-state index contributed by atoms with van der Waals surface area (Å²) < 4.78 is 33.2. The first kappa shape index (κ1) is 37.2. The summed E-state index contributed by atoms with van der Waals surface area (Å²) >= 11 is -1.50. The molecule has 0 saturated heterocycles. The van der Waals surface area contributed by atoms with Crippen LogP contribution in [0.5, 0.6) is 0 Å². The summed E-state index contributed by atoms with van der Waals surface area (Å²) in [5.74, 6) is 0. The van der Waals surface area contributed by atoms with Crippen LogP contribution in [0.3, 0.4) is 0 Å². The molecule has 0 fully saturated rings. The second-order valence-electron chi connectivity index (χ2n) is 0.136. The number of hydrogen-bond donors (Lipinski definition) is 0. The molecular weight excluding hydrogens is 258 g/mol. The summed E-state index contributed by atoms with van der Waals surface area (Å²) in [5.41, 5.74) is 0. The minimum absolute atomic E-state index is 0. The van der Waals surface area contributed by atoms with Crippen LogP contribution >= 0.6 is 24.6 Å². The van der Waals surface area contributed by atoms with E-state index in [2.05, 4.69) is 0 Å².